The van der Waals surface area contributed by atoms with E-state index in [0.717, 1.165) is 0 Å². The minimum absolute atomic E-state index is 0.167. The van der Waals surface area contributed by atoms with Gasteiger partial charge in [-0.05, 0) is 13.8 Å². The molecule has 5 heteroatoms. The number of carbonyl (C=O) groups is 1. The fourth-order valence-electron chi connectivity index (χ4n) is 0.224. The van der Waals surface area contributed by atoms with Crippen molar-refractivity contribution in [3.05, 3.63) is 0 Å². The average molecular weight is 182 g/mol. The normalized spacial score (nSPS) is 8.91. The predicted molar refractivity (Wildman–Crippen MR) is 44.3 cm³/mol. The molecule has 0 radical (unpaired) electrons. The van der Waals surface area contributed by atoms with E-state index in [2.05, 4.69) is 13.6 Å². The molecule has 0 aliphatic heterocycles. The fraction of sp³-hybridized carbons (Fsp3) is 0.833. The third-order valence-corrected chi connectivity index (χ3v) is 1.34. The summed E-state index contributed by atoms with van der Waals surface area (Å²) in [6.45, 7) is 3.06. The predicted octanol–water partition coefficient (Wildman–Crippen LogP) is 1.75. The minimum atomic E-state index is -1.05. The number of ketones is 1. The maximum atomic E-state index is 9.44. The zero-order valence-electron chi connectivity index (χ0n) is 7.58. The van der Waals surface area contributed by atoms with Gasteiger partial charge in [0, 0.05) is 21.3 Å². The molecule has 0 amide bonds. The highest BCUT2D eigenvalue weighted by Gasteiger charge is 2.00. The van der Waals surface area contributed by atoms with E-state index in [1.807, 2.05) is 0 Å². The smallest absolute Gasteiger partial charge is 0.316 e. The molecule has 0 unspecified atom stereocenters. The molecular formula is C6H15O4P. The Labute approximate surface area is 68.8 Å². The molecule has 4 nitrogen and oxygen atoms in total. The largest absolute Gasteiger partial charge is 0.331 e. The Morgan fingerprint density at radius 3 is 1.18 bits per heavy atom. The summed E-state index contributed by atoms with van der Waals surface area (Å²) < 4.78 is 14.0. The topological polar surface area (TPSA) is 44.8 Å². The summed E-state index contributed by atoms with van der Waals surface area (Å²) in [7, 11) is 3.57. The van der Waals surface area contributed by atoms with E-state index in [4.69, 9.17) is 0 Å². The van der Waals surface area contributed by atoms with Crippen LogP contribution in [0.3, 0.4) is 0 Å². The van der Waals surface area contributed by atoms with Gasteiger partial charge >= 0.3 is 8.60 Å². The van der Waals surface area contributed by atoms with Crippen molar-refractivity contribution < 1.29 is 18.4 Å². The maximum absolute atomic E-state index is 9.44. The molecule has 0 spiro atoms. The van der Waals surface area contributed by atoms with Crippen molar-refractivity contribution in [2.45, 2.75) is 13.8 Å². The lowest BCUT2D eigenvalue weighted by atomic mass is 10.6. The Hall–Kier alpha value is -0.0200. The molecule has 0 aliphatic carbocycles. The van der Waals surface area contributed by atoms with Crippen LogP contribution in [-0.4, -0.2) is 27.1 Å². The second kappa shape index (κ2) is 9.98. The van der Waals surface area contributed by atoms with Crippen molar-refractivity contribution in [2.75, 3.05) is 21.3 Å². The molecule has 0 aromatic carbocycles. The molecule has 0 rings (SSSR count). The highest BCUT2D eigenvalue weighted by Crippen LogP contribution is 2.35. The first-order chi connectivity index (χ1) is 5.08. The molecule has 0 saturated carbocycles. The van der Waals surface area contributed by atoms with Crippen molar-refractivity contribution in [3.63, 3.8) is 0 Å². The molecular weight excluding hydrogens is 167 g/mol. The zero-order chi connectivity index (χ0) is 9.28. The third kappa shape index (κ3) is 17.8. The third-order valence-electron chi connectivity index (χ3n) is 0.447. The van der Waals surface area contributed by atoms with Crippen LogP contribution in [0.25, 0.3) is 0 Å². The quantitative estimate of drug-likeness (QED) is 0.623. The lowest BCUT2D eigenvalue weighted by molar-refractivity contribution is -0.114. The highest BCUT2D eigenvalue weighted by atomic mass is 31.2. The number of Topliss-reactive ketones (excluding diaryl/α,β-unsaturated/α-hetero) is 1. The monoisotopic (exact) mass is 182 g/mol. The molecule has 0 aromatic heterocycles. The van der Waals surface area contributed by atoms with Gasteiger partial charge in [0.1, 0.15) is 5.78 Å². The van der Waals surface area contributed by atoms with E-state index in [-0.39, 0.29) is 5.78 Å². The molecule has 68 valence electrons. The molecule has 11 heavy (non-hydrogen) atoms. The molecule has 0 aromatic rings. The molecule has 0 aliphatic rings. The van der Waals surface area contributed by atoms with Crippen LogP contribution in [0, 0.1) is 0 Å². The Kier molecular flexibility index (Phi) is 12.3. The van der Waals surface area contributed by atoms with Gasteiger partial charge in [-0.2, -0.15) is 0 Å². The van der Waals surface area contributed by atoms with E-state index in [9.17, 15) is 4.79 Å². The van der Waals surface area contributed by atoms with Crippen LogP contribution in [0.4, 0.5) is 0 Å². The van der Waals surface area contributed by atoms with Crippen molar-refractivity contribution in [2.24, 2.45) is 0 Å². The van der Waals surface area contributed by atoms with E-state index in [0.29, 0.717) is 0 Å². The summed E-state index contributed by atoms with van der Waals surface area (Å²) in [5.74, 6) is 0.167. The van der Waals surface area contributed by atoms with Gasteiger partial charge in [0.05, 0.1) is 0 Å². The van der Waals surface area contributed by atoms with E-state index >= 15 is 0 Å². The van der Waals surface area contributed by atoms with E-state index in [1.54, 1.807) is 21.3 Å². The van der Waals surface area contributed by atoms with Crippen molar-refractivity contribution >= 4 is 14.4 Å². The van der Waals surface area contributed by atoms with Crippen molar-refractivity contribution in [3.8, 4) is 0 Å². The fourth-order valence-corrected chi connectivity index (χ4v) is 0.671. The van der Waals surface area contributed by atoms with Crippen LogP contribution < -0.4 is 0 Å². The minimum Gasteiger partial charge on any atom is -0.316 e. The molecule has 0 atom stereocenters. The van der Waals surface area contributed by atoms with Gasteiger partial charge in [0.25, 0.3) is 0 Å². The number of rotatable bonds is 3. The average Bonchev–Trinajstić information content (AvgIpc) is 1.90. The number of hydrogen-bond donors (Lipinski definition) is 0. The molecule has 0 heterocycles. The van der Waals surface area contributed by atoms with Gasteiger partial charge in [-0.1, -0.05) is 0 Å². The van der Waals surface area contributed by atoms with Crippen LogP contribution in [0.1, 0.15) is 13.8 Å². The lowest BCUT2D eigenvalue weighted by Crippen LogP contribution is -1.81. The number of carbonyl (C=O) groups excluding carboxylic acids is 1. The first-order valence-electron chi connectivity index (χ1n) is 2.98. The number of hydrogen-bond acceptors (Lipinski definition) is 4. The van der Waals surface area contributed by atoms with Crippen LogP contribution in [0.15, 0.2) is 0 Å². The van der Waals surface area contributed by atoms with Crippen LogP contribution in [-0.2, 0) is 18.4 Å². The van der Waals surface area contributed by atoms with Crippen LogP contribution in [0.5, 0.6) is 0 Å². The van der Waals surface area contributed by atoms with Gasteiger partial charge in [0.2, 0.25) is 0 Å². The van der Waals surface area contributed by atoms with E-state index in [1.165, 1.54) is 13.8 Å². The molecule has 0 bridgehead atoms. The first-order valence-corrected chi connectivity index (χ1v) is 4.07. The lowest BCUT2D eigenvalue weighted by Gasteiger charge is -2.05. The molecule has 0 N–H and O–H groups in total. The Balaban J connectivity index is 0. The summed E-state index contributed by atoms with van der Waals surface area (Å²) >= 11 is 0. The standard InChI is InChI=1S/C3H9O3P.C3H6O/c1-4-7(5-2)6-3;1-3(2)4/h1-3H3;1-2H3. The molecule has 0 fully saturated rings. The summed E-state index contributed by atoms with van der Waals surface area (Å²) in [6, 6.07) is 0. The van der Waals surface area contributed by atoms with Gasteiger partial charge < -0.3 is 18.4 Å². The van der Waals surface area contributed by atoms with Gasteiger partial charge in [0.15, 0.2) is 0 Å². The second-order valence-electron chi connectivity index (χ2n) is 1.68. The van der Waals surface area contributed by atoms with Crippen molar-refractivity contribution in [1.82, 2.24) is 0 Å². The zero-order valence-corrected chi connectivity index (χ0v) is 8.47. The Morgan fingerprint density at radius 1 is 1.00 bits per heavy atom. The Morgan fingerprint density at radius 2 is 1.18 bits per heavy atom. The van der Waals surface area contributed by atoms with Gasteiger partial charge in [-0.15, -0.1) is 0 Å². The van der Waals surface area contributed by atoms with Crippen LogP contribution >= 0.6 is 8.60 Å². The van der Waals surface area contributed by atoms with Crippen LogP contribution in [0.2, 0.25) is 0 Å². The van der Waals surface area contributed by atoms with Gasteiger partial charge in [-0.25, -0.2) is 0 Å². The summed E-state index contributed by atoms with van der Waals surface area (Å²) in [5, 5.41) is 0. The highest BCUT2D eigenvalue weighted by molar-refractivity contribution is 7.41. The maximum Gasteiger partial charge on any atom is 0.331 e. The van der Waals surface area contributed by atoms with Gasteiger partial charge in [-0.3, -0.25) is 0 Å². The summed E-state index contributed by atoms with van der Waals surface area (Å²) in [4.78, 5) is 9.44. The van der Waals surface area contributed by atoms with E-state index < -0.39 is 8.60 Å². The second-order valence-corrected chi connectivity index (χ2v) is 3.22. The Bertz CT molecular complexity index is 83.1. The van der Waals surface area contributed by atoms with Crippen molar-refractivity contribution in [1.29, 1.82) is 0 Å². The SMILES string of the molecule is CC(C)=O.COP(OC)OC. The first kappa shape index (κ1) is 13.6. The summed E-state index contributed by atoms with van der Waals surface area (Å²) in [5.41, 5.74) is 0. The molecule has 0 saturated heterocycles. The summed E-state index contributed by atoms with van der Waals surface area (Å²) in [6.07, 6.45) is 0.